The number of Topliss-reactive ketones (excluding diaryl/α,β-unsaturated/α-hetero) is 1. The van der Waals surface area contributed by atoms with Gasteiger partial charge in [0.1, 0.15) is 17.2 Å². The van der Waals surface area contributed by atoms with Crippen molar-refractivity contribution in [1.29, 1.82) is 0 Å². The third kappa shape index (κ3) is 5.10. The Morgan fingerprint density at radius 2 is 2.00 bits per heavy atom. The largest absolute Gasteiger partial charge is 0.504 e. The molecule has 1 atom stereocenters. The van der Waals surface area contributed by atoms with Crippen LogP contribution in [-0.4, -0.2) is 57.0 Å². The summed E-state index contributed by atoms with van der Waals surface area (Å²) in [4.78, 5) is 35.9. The van der Waals surface area contributed by atoms with E-state index < -0.39 is 11.6 Å². The molecule has 0 radical (unpaired) electrons. The lowest BCUT2D eigenvalue weighted by Crippen LogP contribution is -2.30. The number of hydrogen-bond donors (Lipinski definition) is 2. The fourth-order valence-corrected chi connectivity index (χ4v) is 5.40. The Hall–Kier alpha value is -4.67. The molecule has 1 unspecified atom stereocenters. The summed E-state index contributed by atoms with van der Waals surface area (Å²) >= 11 is 6.08. The van der Waals surface area contributed by atoms with Gasteiger partial charge in [-0.2, -0.15) is 0 Å². The van der Waals surface area contributed by atoms with Crippen LogP contribution >= 0.6 is 11.6 Å². The van der Waals surface area contributed by atoms with Gasteiger partial charge in [-0.3, -0.25) is 19.7 Å². The summed E-state index contributed by atoms with van der Waals surface area (Å²) in [5.74, 6) is -0.336. The van der Waals surface area contributed by atoms with Crippen molar-refractivity contribution in [2.24, 2.45) is 0 Å². The third-order valence-electron chi connectivity index (χ3n) is 7.38. The maximum Gasteiger partial charge on any atom is 0.170 e. The number of benzene rings is 1. The topological polar surface area (TPSA) is 107 Å². The number of phenols is 1. The molecule has 6 rings (SSSR count). The number of rotatable bonds is 7. The monoisotopic (exact) mass is 583 g/mol. The maximum atomic E-state index is 14.4. The minimum atomic E-state index is -0.865. The van der Waals surface area contributed by atoms with Crippen molar-refractivity contribution in [2.75, 3.05) is 29.9 Å². The Morgan fingerprint density at radius 3 is 2.71 bits per heavy atom. The second kappa shape index (κ2) is 11.3. The van der Waals surface area contributed by atoms with E-state index in [1.54, 1.807) is 30.6 Å². The third-order valence-corrected chi connectivity index (χ3v) is 7.66. The van der Waals surface area contributed by atoms with E-state index in [0.29, 0.717) is 51.1 Å². The highest BCUT2D eigenvalue weighted by atomic mass is 35.5. The van der Waals surface area contributed by atoms with Crippen LogP contribution < -0.4 is 15.1 Å². The van der Waals surface area contributed by atoms with Crippen molar-refractivity contribution in [3.63, 3.8) is 0 Å². The van der Waals surface area contributed by atoms with Gasteiger partial charge in [0.15, 0.2) is 17.3 Å². The maximum absolute atomic E-state index is 14.4. The summed E-state index contributed by atoms with van der Waals surface area (Å²) in [6.07, 6.45) is 5.90. The minimum Gasteiger partial charge on any atom is -0.504 e. The highest BCUT2D eigenvalue weighted by molar-refractivity contribution is 6.32. The van der Waals surface area contributed by atoms with Crippen LogP contribution in [0.5, 0.6) is 5.75 Å². The number of nitrogens with zero attached hydrogens (tertiary/aromatic N) is 6. The lowest BCUT2D eigenvalue weighted by Gasteiger charge is -2.28. The minimum absolute atomic E-state index is 0.136. The zero-order valence-corrected chi connectivity index (χ0v) is 23.7. The van der Waals surface area contributed by atoms with Crippen LogP contribution in [0.1, 0.15) is 23.7 Å². The number of likely N-dealkylation sites (N-methyl/N-ethyl adjacent to an activating group) is 1. The second-order valence-electron chi connectivity index (χ2n) is 10.1. The number of aromatic hydroxyl groups is 1. The van der Waals surface area contributed by atoms with Crippen molar-refractivity contribution in [1.82, 2.24) is 25.3 Å². The van der Waals surface area contributed by atoms with Gasteiger partial charge in [-0.25, -0.2) is 14.4 Å². The Morgan fingerprint density at radius 1 is 1.14 bits per heavy atom. The normalized spacial score (nSPS) is 14.9. The van der Waals surface area contributed by atoms with E-state index in [4.69, 9.17) is 21.6 Å². The van der Waals surface area contributed by atoms with E-state index in [2.05, 4.69) is 20.2 Å². The molecule has 5 heterocycles. The van der Waals surface area contributed by atoms with Crippen LogP contribution in [-0.2, 0) is 0 Å². The highest BCUT2D eigenvalue weighted by Gasteiger charge is 2.27. The van der Waals surface area contributed by atoms with E-state index in [1.165, 1.54) is 19.2 Å². The van der Waals surface area contributed by atoms with Gasteiger partial charge >= 0.3 is 0 Å². The van der Waals surface area contributed by atoms with E-state index >= 15 is 0 Å². The predicted octanol–water partition coefficient (Wildman–Crippen LogP) is 6.06. The zero-order chi connectivity index (χ0) is 29.4. The number of hydrogen-bond acceptors (Lipinski definition) is 9. The predicted molar refractivity (Wildman–Crippen MR) is 162 cm³/mol. The molecule has 4 aromatic heterocycles. The van der Waals surface area contributed by atoms with Gasteiger partial charge in [0.25, 0.3) is 0 Å². The molecular formula is C31H27ClFN7O2. The number of ketones is 1. The van der Waals surface area contributed by atoms with Gasteiger partial charge in [0.05, 0.1) is 39.4 Å². The van der Waals surface area contributed by atoms with Gasteiger partial charge in [0, 0.05) is 37.1 Å². The molecule has 5 aromatic rings. The lowest BCUT2D eigenvalue weighted by atomic mass is 10.1. The summed E-state index contributed by atoms with van der Waals surface area (Å²) in [5.41, 5.74) is 3.12. The molecule has 0 spiro atoms. The van der Waals surface area contributed by atoms with E-state index in [-0.39, 0.29) is 10.8 Å². The first-order valence-corrected chi connectivity index (χ1v) is 13.8. The van der Waals surface area contributed by atoms with Crippen molar-refractivity contribution in [3.05, 3.63) is 89.6 Å². The number of anilines is 4. The van der Waals surface area contributed by atoms with Crippen molar-refractivity contribution < 1.29 is 14.3 Å². The van der Waals surface area contributed by atoms with Crippen LogP contribution in [0.15, 0.2) is 73.2 Å². The van der Waals surface area contributed by atoms with Crippen molar-refractivity contribution in [3.8, 4) is 17.0 Å². The molecule has 0 saturated carbocycles. The number of aromatic nitrogens is 4. The number of carbonyl (C=O) groups is 1. The Bertz CT molecular complexity index is 1780. The molecule has 0 amide bonds. The Labute approximate surface area is 246 Å². The first kappa shape index (κ1) is 27.5. The van der Waals surface area contributed by atoms with Crippen LogP contribution in [0.2, 0.25) is 5.02 Å². The Balaban J connectivity index is 1.59. The molecule has 1 fully saturated rings. The fraction of sp³-hybridized carbons (Fsp3) is 0.194. The van der Waals surface area contributed by atoms with Gasteiger partial charge in [-0.15, -0.1) is 0 Å². The second-order valence-corrected chi connectivity index (χ2v) is 10.5. The quantitative estimate of drug-likeness (QED) is 0.221. The summed E-state index contributed by atoms with van der Waals surface area (Å²) in [6, 6.07) is 15.9. The van der Waals surface area contributed by atoms with E-state index in [0.717, 1.165) is 31.4 Å². The van der Waals surface area contributed by atoms with E-state index in [9.17, 15) is 14.3 Å². The average molecular weight is 584 g/mol. The number of fused-ring (bicyclic) bond motifs is 1. The molecule has 1 aliphatic heterocycles. The zero-order valence-electron chi connectivity index (χ0n) is 22.9. The first-order valence-electron chi connectivity index (χ1n) is 13.4. The molecule has 212 valence electrons. The Kier molecular flexibility index (Phi) is 7.40. The molecule has 1 saturated heterocycles. The standard InChI is InChI=1S/C31H27ClFN7O2/c1-18(41)22-16-36-26-9-8-25(19-13-23(32)31(42)24(33)14-19)37-29(26)30(22)40(21-5-4-11-35-15-21)28-7-3-6-27(38-28)39-12-10-20(17-39)34-2/h3-9,11,13-16,20,34,42H,10,12,17H2,1-2H3. The molecular weight excluding hydrogens is 557 g/mol. The van der Waals surface area contributed by atoms with Crippen molar-refractivity contribution >= 4 is 51.4 Å². The summed E-state index contributed by atoms with van der Waals surface area (Å²) in [6.45, 7) is 3.16. The molecule has 2 N–H and O–H groups in total. The van der Waals surface area contributed by atoms with Gasteiger partial charge in [0.2, 0.25) is 0 Å². The number of nitrogens with one attached hydrogen (secondary N) is 1. The smallest absolute Gasteiger partial charge is 0.170 e. The summed E-state index contributed by atoms with van der Waals surface area (Å²) in [5, 5.41) is 13.0. The first-order chi connectivity index (χ1) is 20.3. The molecule has 1 aromatic carbocycles. The molecule has 1 aliphatic rings. The molecule has 0 bridgehead atoms. The van der Waals surface area contributed by atoms with Crippen molar-refractivity contribution in [2.45, 2.75) is 19.4 Å². The van der Waals surface area contributed by atoms with Crippen LogP contribution in [0.3, 0.4) is 0 Å². The highest BCUT2D eigenvalue weighted by Crippen LogP contribution is 2.41. The SMILES string of the molecule is CNC1CCN(c2cccc(N(c3cccnc3)c3c(C(C)=O)cnc4ccc(-c5cc(F)c(O)c(Cl)c5)nc34)n2)C1. The number of phenolic OH excluding ortho intramolecular Hbond substituents is 1. The van der Waals surface area contributed by atoms with Crippen LogP contribution in [0.4, 0.5) is 27.4 Å². The number of pyridine rings is 4. The molecule has 9 nitrogen and oxygen atoms in total. The molecule has 0 aliphatic carbocycles. The van der Waals surface area contributed by atoms with Gasteiger partial charge in [-0.05, 0) is 68.9 Å². The number of carbonyl (C=O) groups excluding carboxylic acids is 1. The van der Waals surface area contributed by atoms with Gasteiger partial charge < -0.3 is 15.3 Å². The van der Waals surface area contributed by atoms with Crippen LogP contribution in [0, 0.1) is 5.82 Å². The lowest BCUT2D eigenvalue weighted by molar-refractivity contribution is 0.101. The van der Waals surface area contributed by atoms with E-state index in [1.807, 2.05) is 36.2 Å². The molecule has 42 heavy (non-hydrogen) atoms. The van der Waals surface area contributed by atoms with Gasteiger partial charge in [-0.1, -0.05) is 17.7 Å². The average Bonchev–Trinajstić information content (AvgIpc) is 3.50. The summed E-state index contributed by atoms with van der Waals surface area (Å²) in [7, 11) is 1.96. The fourth-order valence-electron chi connectivity index (χ4n) is 5.19. The molecule has 11 heteroatoms. The number of halogens is 2. The van der Waals surface area contributed by atoms with Crippen LogP contribution in [0.25, 0.3) is 22.3 Å². The summed E-state index contributed by atoms with van der Waals surface area (Å²) < 4.78 is 14.4.